The number of aliphatic hydroxyl groups is 1. The zero-order chi connectivity index (χ0) is 12.6. The summed E-state index contributed by atoms with van der Waals surface area (Å²) in [5.74, 6) is -0.504. The summed E-state index contributed by atoms with van der Waals surface area (Å²) in [5, 5.41) is 9.36. The van der Waals surface area contributed by atoms with Gasteiger partial charge in [-0.05, 0) is 18.8 Å². The fraction of sp³-hybridized carbons (Fsp3) is 0.692. The molecule has 0 aromatic heterocycles. The van der Waals surface area contributed by atoms with Crippen LogP contribution in [0.25, 0.3) is 0 Å². The molecule has 0 aromatic rings. The molecule has 4 nitrogen and oxygen atoms in total. The van der Waals surface area contributed by atoms with E-state index in [-0.39, 0.29) is 42.2 Å². The highest BCUT2D eigenvalue weighted by Crippen LogP contribution is 2.36. The fourth-order valence-corrected chi connectivity index (χ4v) is 2.74. The number of hydrogen-bond donors (Lipinski definition) is 1. The summed E-state index contributed by atoms with van der Waals surface area (Å²) in [5.41, 5.74) is 0. The average molecular weight is 237 g/mol. The Morgan fingerprint density at radius 3 is 2.06 bits per heavy atom. The third-order valence-corrected chi connectivity index (χ3v) is 3.83. The molecule has 3 atom stereocenters. The molecular formula is C13H19NO3. The Hall–Kier alpha value is -1.16. The first-order valence-electron chi connectivity index (χ1n) is 6.20. The lowest BCUT2D eigenvalue weighted by Crippen LogP contribution is -2.45. The molecule has 1 fully saturated rings. The number of aliphatic hydroxyl groups excluding tert-OH is 1. The van der Waals surface area contributed by atoms with Gasteiger partial charge in [-0.1, -0.05) is 26.0 Å². The molecule has 1 aliphatic heterocycles. The van der Waals surface area contributed by atoms with Crippen molar-refractivity contribution in [2.45, 2.75) is 32.7 Å². The number of allylic oxidation sites excluding steroid dienone is 2. The molecule has 0 saturated carbocycles. The number of rotatable bonds is 3. The van der Waals surface area contributed by atoms with Gasteiger partial charge in [0.05, 0.1) is 24.5 Å². The lowest BCUT2D eigenvalue weighted by atomic mass is 9.85. The van der Waals surface area contributed by atoms with Gasteiger partial charge in [-0.2, -0.15) is 0 Å². The lowest BCUT2D eigenvalue weighted by Gasteiger charge is -2.28. The highest BCUT2D eigenvalue weighted by atomic mass is 16.3. The van der Waals surface area contributed by atoms with Crippen LogP contribution in [0.15, 0.2) is 12.2 Å². The van der Waals surface area contributed by atoms with E-state index in [0.29, 0.717) is 12.8 Å². The first-order chi connectivity index (χ1) is 8.07. The molecule has 4 heteroatoms. The number of carbonyl (C=O) groups excluding carboxylic acids is 2. The summed E-state index contributed by atoms with van der Waals surface area (Å²) < 4.78 is 0. The molecule has 2 aliphatic rings. The van der Waals surface area contributed by atoms with E-state index in [4.69, 9.17) is 0 Å². The van der Waals surface area contributed by atoms with Crippen LogP contribution in [-0.4, -0.2) is 34.5 Å². The Morgan fingerprint density at radius 2 is 1.71 bits per heavy atom. The van der Waals surface area contributed by atoms with Crippen molar-refractivity contribution < 1.29 is 14.7 Å². The highest BCUT2D eigenvalue weighted by molar-refractivity contribution is 6.05. The van der Waals surface area contributed by atoms with E-state index in [1.54, 1.807) is 0 Å². The summed E-state index contributed by atoms with van der Waals surface area (Å²) in [6.45, 7) is 3.69. The molecule has 0 radical (unpaired) electrons. The number of likely N-dealkylation sites (tertiary alicyclic amines) is 1. The molecule has 1 aliphatic carbocycles. The van der Waals surface area contributed by atoms with Crippen LogP contribution in [0.4, 0.5) is 0 Å². The molecule has 0 bridgehead atoms. The van der Waals surface area contributed by atoms with Crippen molar-refractivity contribution in [1.82, 2.24) is 4.90 Å². The van der Waals surface area contributed by atoms with Crippen LogP contribution in [0.2, 0.25) is 0 Å². The second kappa shape index (κ2) is 4.61. The molecule has 3 unspecified atom stereocenters. The molecule has 2 amide bonds. The Morgan fingerprint density at radius 1 is 1.24 bits per heavy atom. The minimum atomic E-state index is -0.374. The smallest absolute Gasteiger partial charge is 0.233 e. The van der Waals surface area contributed by atoms with E-state index in [1.165, 1.54) is 4.90 Å². The van der Waals surface area contributed by atoms with Gasteiger partial charge in [-0.15, -0.1) is 0 Å². The van der Waals surface area contributed by atoms with Gasteiger partial charge in [-0.25, -0.2) is 0 Å². The number of amides is 2. The molecule has 94 valence electrons. The number of fused-ring (bicyclic) bond motifs is 1. The van der Waals surface area contributed by atoms with E-state index in [9.17, 15) is 14.7 Å². The van der Waals surface area contributed by atoms with E-state index >= 15 is 0 Å². The molecule has 0 spiro atoms. The second-order valence-corrected chi connectivity index (χ2v) is 5.20. The minimum absolute atomic E-state index is 0.0843. The first-order valence-corrected chi connectivity index (χ1v) is 6.20. The quantitative estimate of drug-likeness (QED) is 0.587. The number of nitrogens with zero attached hydrogens (tertiary/aromatic N) is 1. The summed E-state index contributed by atoms with van der Waals surface area (Å²) in [6.07, 6.45) is 5.25. The molecule has 1 saturated heterocycles. The predicted molar refractivity (Wildman–Crippen MR) is 62.9 cm³/mol. The monoisotopic (exact) mass is 237 g/mol. The predicted octanol–water partition coefficient (Wildman–Crippen LogP) is 0.954. The number of hydrogen-bond acceptors (Lipinski definition) is 3. The largest absolute Gasteiger partial charge is 0.394 e. The van der Waals surface area contributed by atoms with Crippen LogP contribution in [0.3, 0.4) is 0 Å². The Balaban J connectivity index is 2.25. The van der Waals surface area contributed by atoms with Crippen LogP contribution in [-0.2, 0) is 9.59 Å². The van der Waals surface area contributed by atoms with E-state index < -0.39 is 0 Å². The van der Waals surface area contributed by atoms with Crippen LogP contribution >= 0.6 is 0 Å². The van der Waals surface area contributed by atoms with Crippen LogP contribution in [0, 0.1) is 17.8 Å². The van der Waals surface area contributed by atoms with Gasteiger partial charge in [0.15, 0.2) is 0 Å². The van der Waals surface area contributed by atoms with Crippen LogP contribution in [0.5, 0.6) is 0 Å². The number of imide groups is 1. The van der Waals surface area contributed by atoms with Crippen LogP contribution in [0.1, 0.15) is 26.7 Å². The van der Waals surface area contributed by atoms with E-state index in [1.807, 2.05) is 26.0 Å². The van der Waals surface area contributed by atoms with E-state index in [0.717, 1.165) is 0 Å². The zero-order valence-corrected chi connectivity index (χ0v) is 10.3. The molecule has 2 rings (SSSR count). The van der Waals surface area contributed by atoms with Crippen molar-refractivity contribution in [3.8, 4) is 0 Å². The minimum Gasteiger partial charge on any atom is -0.394 e. The van der Waals surface area contributed by atoms with Gasteiger partial charge in [0.2, 0.25) is 11.8 Å². The van der Waals surface area contributed by atoms with Crippen molar-refractivity contribution in [3.05, 3.63) is 12.2 Å². The van der Waals surface area contributed by atoms with Gasteiger partial charge >= 0.3 is 0 Å². The second-order valence-electron chi connectivity index (χ2n) is 5.20. The Bertz CT molecular complexity index is 336. The summed E-state index contributed by atoms with van der Waals surface area (Å²) in [7, 11) is 0. The topological polar surface area (TPSA) is 57.6 Å². The first kappa shape index (κ1) is 12.3. The van der Waals surface area contributed by atoms with Crippen LogP contribution < -0.4 is 0 Å². The average Bonchev–Trinajstić information content (AvgIpc) is 2.56. The molecule has 0 aromatic carbocycles. The summed E-state index contributed by atoms with van der Waals surface area (Å²) >= 11 is 0. The Labute approximate surface area is 101 Å². The van der Waals surface area contributed by atoms with Crippen molar-refractivity contribution in [2.24, 2.45) is 17.8 Å². The third kappa shape index (κ3) is 1.90. The summed E-state index contributed by atoms with van der Waals surface area (Å²) in [6, 6.07) is -0.374. The van der Waals surface area contributed by atoms with Gasteiger partial charge in [0.25, 0.3) is 0 Å². The third-order valence-electron chi connectivity index (χ3n) is 3.83. The van der Waals surface area contributed by atoms with Crippen molar-refractivity contribution in [2.75, 3.05) is 6.61 Å². The number of carbonyl (C=O) groups is 2. The molecule has 17 heavy (non-hydrogen) atoms. The molecular weight excluding hydrogens is 218 g/mol. The highest BCUT2D eigenvalue weighted by Gasteiger charge is 2.49. The fourth-order valence-electron chi connectivity index (χ4n) is 2.74. The van der Waals surface area contributed by atoms with Gasteiger partial charge in [0, 0.05) is 0 Å². The van der Waals surface area contributed by atoms with Crippen molar-refractivity contribution in [3.63, 3.8) is 0 Å². The molecule has 1 heterocycles. The zero-order valence-electron chi connectivity index (χ0n) is 10.3. The van der Waals surface area contributed by atoms with E-state index in [2.05, 4.69) is 0 Å². The van der Waals surface area contributed by atoms with Crippen molar-refractivity contribution in [1.29, 1.82) is 0 Å². The van der Waals surface area contributed by atoms with Gasteiger partial charge < -0.3 is 5.11 Å². The van der Waals surface area contributed by atoms with Gasteiger partial charge in [-0.3, -0.25) is 14.5 Å². The Kier molecular flexibility index (Phi) is 3.33. The normalized spacial score (nSPS) is 30.0. The summed E-state index contributed by atoms with van der Waals surface area (Å²) in [4.78, 5) is 25.7. The molecule has 1 N–H and O–H groups in total. The maximum atomic E-state index is 12.2. The SMILES string of the molecule is CC(C)C(CO)N1C(=O)C2CC=CCC2C1=O. The lowest BCUT2D eigenvalue weighted by molar-refractivity contribution is -0.145. The maximum Gasteiger partial charge on any atom is 0.233 e. The maximum absolute atomic E-state index is 12.2. The van der Waals surface area contributed by atoms with Crippen molar-refractivity contribution >= 4 is 11.8 Å². The standard InChI is InChI=1S/C13H19NO3/c1-8(2)11(7-15)14-12(16)9-5-3-4-6-10(9)13(14)17/h3-4,8-11,15H,5-7H2,1-2H3. The van der Waals surface area contributed by atoms with Gasteiger partial charge in [0.1, 0.15) is 0 Å².